The number of halogens is 3. The fourth-order valence-corrected chi connectivity index (χ4v) is 4.96. The lowest BCUT2D eigenvalue weighted by Crippen LogP contribution is -2.15. The van der Waals surface area contributed by atoms with Gasteiger partial charge in [-0.3, -0.25) is 4.72 Å². The van der Waals surface area contributed by atoms with Gasteiger partial charge in [-0.25, -0.2) is 37.1 Å². The van der Waals surface area contributed by atoms with Crippen molar-refractivity contribution >= 4 is 50.0 Å². The highest BCUT2D eigenvalue weighted by Crippen LogP contribution is 2.34. The molecule has 0 saturated carbocycles. The fourth-order valence-electron chi connectivity index (χ4n) is 3.38. The summed E-state index contributed by atoms with van der Waals surface area (Å²) in [5.41, 5.74) is 0.583. The number of rotatable bonds is 6. The number of benzene rings is 2. The predicted molar refractivity (Wildman–Crippen MR) is 127 cm³/mol. The Bertz CT molecular complexity index is 1680. The van der Waals surface area contributed by atoms with E-state index in [0.717, 1.165) is 12.1 Å². The van der Waals surface area contributed by atoms with Crippen molar-refractivity contribution in [3.8, 4) is 11.3 Å². The Morgan fingerprint density at radius 2 is 1.77 bits per heavy atom. The molecule has 35 heavy (non-hydrogen) atoms. The molecule has 0 unspecified atom stereocenters. The Balaban J connectivity index is 1.54. The summed E-state index contributed by atoms with van der Waals surface area (Å²) in [4.78, 5) is 19.3. The Kier molecular flexibility index (Phi) is 5.75. The van der Waals surface area contributed by atoms with Gasteiger partial charge in [0, 0.05) is 11.8 Å². The number of pyridine rings is 1. The van der Waals surface area contributed by atoms with Crippen molar-refractivity contribution in [2.45, 2.75) is 4.90 Å². The molecule has 9 nitrogen and oxygen atoms in total. The summed E-state index contributed by atoms with van der Waals surface area (Å²) >= 11 is 5.98. The number of H-pyrrole nitrogens is 1. The zero-order valence-corrected chi connectivity index (χ0v) is 19.1. The van der Waals surface area contributed by atoms with E-state index in [1.165, 1.54) is 37.1 Å². The molecular formula is C22H14ClF2N7O2S. The molecule has 5 rings (SSSR count). The van der Waals surface area contributed by atoms with E-state index in [4.69, 9.17) is 11.6 Å². The topological polar surface area (TPSA) is 126 Å². The zero-order valence-electron chi connectivity index (χ0n) is 17.5. The number of hydrogen-bond acceptors (Lipinski definition) is 7. The monoisotopic (exact) mass is 513 g/mol. The standard InChI is InChI=1S/C22H14ClF2N7O2S/c23-13-5-1-2-6-16(13)35(33,34)32-15-8-7-14(24)19(17(15)25)31-21-12(4-3-9-26-21)18-20-22(29-10-27-18)30-11-28-20/h1-11,32H,(H,26,31)(H,27,28,29,30). The third-order valence-corrected chi connectivity index (χ3v) is 6.85. The predicted octanol–water partition coefficient (Wildman–Crippen LogP) is 4.89. The first-order valence-corrected chi connectivity index (χ1v) is 11.8. The van der Waals surface area contributed by atoms with Crippen LogP contribution in [0.3, 0.4) is 0 Å². The minimum Gasteiger partial charge on any atom is -0.335 e. The lowest BCUT2D eigenvalue weighted by atomic mass is 10.1. The Morgan fingerprint density at radius 1 is 0.943 bits per heavy atom. The summed E-state index contributed by atoms with van der Waals surface area (Å²) < 4.78 is 57.7. The van der Waals surface area contributed by atoms with Gasteiger partial charge in [0.15, 0.2) is 11.5 Å². The molecular weight excluding hydrogens is 500 g/mol. The average molecular weight is 514 g/mol. The van der Waals surface area contributed by atoms with Crippen LogP contribution in [0, 0.1) is 11.6 Å². The third-order valence-electron chi connectivity index (χ3n) is 4.99. The van der Waals surface area contributed by atoms with E-state index in [1.54, 1.807) is 18.2 Å². The second kappa shape index (κ2) is 8.89. The molecule has 0 bridgehead atoms. The molecule has 5 aromatic rings. The first-order valence-electron chi connectivity index (χ1n) is 9.97. The minimum atomic E-state index is -4.25. The number of fused-ring (bicyclic) bond motifs is 1. The van der Waals surface area contributed by atoms with Gasteiger partial charge < -0.3 is 10.3 Å². The Morgan fingerprint density at radius 3 is 2.60 bits per heavy atom. The molecule has 13 heteroatoms. The largest absolute Gasteiger partial charge is 0.335 e. The maximum absolute atomic E-state index is 15.4. The number of aromatic nitrogens is 5. The molecule has 2 aromatic carbocycles. The quantitative estimate of drug-likeness (QED) is 0.295. The molecule has 0 aliphatic carbocycles. The summed E-state index contributed by atoms with van der Waals surface area (Å²) in [7, 11) is -4.25. The molecule has 0 amide bonds. The van der Waals surface area contributed by atoms with Gasteiger partial charge in [-0.1, -0.05) is 23.7 Å². The highest BCUT2D eigenvalue weighted by atomic mass is 35.5. The number of nitrogens with zero attached hydrogens (tertiary/aromatic N) is 4. The van der Waals surface area contributed by atoms with Crippen LogP contribution < -0.4 is 10.0 Å². The highest BCUT2D eigenvalue weighted by molar-refractivity contribution is 7.92. The summed E-state index contributed by atoms with van der Waals surface area (Å²) in [6, 6.07) is 10.9. The van der Waals surface area contributed by atoms with E-state index < -0.39 is 33.0 Å². The number of sulfonamides is 1. The van der Waals surface area contributed by atoms with Crippen molar-refractivity contribution < 1.29 is 17.2 Å². The van der Waals surface area contributed by atoms with E-state index in [1.807, 2.05) is 0 Å². The van der Waals surface area contributed by atoms with Crippen LogP contribution in [0.1, 0.15) is 0 Å². The second-order valence-corrected chi connectivity index (χ2v) is 9.22. The highest BCUT2D eigenvalue weighted by Gasteiger charge is 2.23. The van der Waals surface area contributed by atoms with E-state index in [-0.39, 0.29) is 15.7 Å². The van der Waals surface area contributed by atoms with Crippen LogP contribution in [0.2, 0.25) is 5.02 Å². The number of hydrogen-bond donors (Lipinski definition) is 3. The van der Waals surface area contributed by atoms with Gasteiger partial charge in [0.1, 0.15) is 39.8 Å². The maximum Gasteiger partial charge on any atom is 0.263 e. The molecule has 0 saturated heterocycles. The summed E-state index contributed by atoms with van der Waals surface area (Å²) in [6.07, 6.45) is 4.19. The molecule has 3 aromatic heterocycles. The molecule has 3 N–H and O–H groups in total. The van der Waals surface area contributed by atoms with Crippen LogP contribution >= 0.6 is 11.6 Å². The zero-order chi connectivity index (χ0) is 24.6. The average Bonchev–Trinajstić information content (AvgIpc) is 3.33. The third kappa shape index (κ3) is 4.24. The number of anilines is 3. The minimum absolute atomic E-state index is 0.0477. The van der Waals surface area contributed by atoms with Crippen molar-refractivity contribution in [3.05, 3.63) is 84.0 Å². The van der Waals surface area contributed by atoms with Gasteiger partial charge in [0.05, 0.1) is 17.0 Å². The molecule has 0 spiro atoms. The van der Waals surface area contributed by atoms with Gasteiger partial charge in [-0.05, 0) is 36.4 Å². The SMILES string of the molecule is O=S(=O)(Nc1ccc(F)c(Nc2ncccc2-c2ncnc3[nH]cnc23)c1F)c1ccccc1Cl. The molecule has 3 heterocycles. The van der Waals surface area contributed by atoms with Crippen LogP contribution in [-0.4, -0.2) is 33.3 Å². The Labute approximate surface area is 202 Å². The number of nitrogens with one attached hydrogen (secondary N) is 3. The fraction of sp³-hybridized carbons (Fsp3) is 0. The van der Waals surface area contributed by atoms with E-state index in [0.29, 0.717) is 22.4 Å². The molecule has 176 valence electrons. The molecule has 0 radical (unpaired) electrons. The van der Waals surface area contributed by atoms with Gasteiger partial charge >= 0.3 is 0 Å². The van der Waals surface area contributed by atoms with Gasteiger partial charge in [0.2, 0.25) is 0 Å². The van der Waals surface area contributed by atoms with Crippen LogP contribution in [-0.2, 0) is 10.0 Å². The molecule has 0 aliphatic heterocycles. The molecule has 0 atom stereocenters. The van der Waals surface area contributed by atoms with Crippen LogP contribution in [0.5, 0.6) is 0 Å². The lowest BCUT2D eigenvalue weighted by Gasteiger charge is -2.15. The smallest absolute Gasteiger partial charge is 0.263 e. The van der Waals surface area contributed by atoms with E-state index in [2.05, 4.69) is 35.0 Å². The maximum atomic E-state index is 15.4. The lowest BCUT2D eigenvalue weighted by molar-refractivity contribution is 0.588. The first-order chi connectivity index (χ1) is 16.8. The number of aromatic amines is 1. The summed E-state index contributed by atoms with van der Waals surface area (Å²) in [6.45, 7) is 0. The van der Waals surface area contributed by atoms with Crippen molar-refractivity contribution in [2.75, 3.05) is 10.0 Å². The van der Waals surface area contributed by atoms with Crippen LogP contribution in [0.25, 0.3) is 22.4 Å². The summed E-state index contributed by atoms with van der Waals surface area (Å²) in [5, 5.41) is 2.57. The van der Waals surface area contributed by atoms with Gasteiger partial charge in [-0.2, -0.15) is 0 Å². The van der Waals surface area contributed by atoms with Gasteiger partial charge in [0.25, 0.3) is 10.0 Å². The second-order valence-electron chi connectivity index (χ2n) is 7.17. The summed E-state index contributed by atoms with van der Waals surface area (Å²) in [5.74, 6) is -2.07. The van der Waals surface area contributed by atoms with Crippen LogP contribution in [0.15, 0.2) is 72.3 Å². The van der Waals surface area contributed by atoms with Crippen molar-refractivity contribution in [1.82, 2.24) is 24.9 Å². The van der Waals surface area contributed by atoms with Crippen molar-refractivity contribution in [1.29, 1.82) is 0 Å². The first kappa shape index (κ1) is 22.6. The Hall–Kier alpha value is -4.16. The normalized spacial score (nSPS) is 11.5. The number of imidazole rings is 1. The van der Waals surface area contributed by atoms with E-state index >= 15 is 4.39 Å². The van der Waals surface area contributed by atoms with Crippen molar-refractivity contribution in [3.63, 3.8) is 0 Å². The van der Waals surface area contributed by atoms with Crippen LogP contribution in [0.4, 0.5) is 26.0 Å². The van der Waals surface area contributed by atoms with Crippen molar-refractivity contribution in [2.24, 2.45) is 0 Å². The van der Waals surface area contributed by atoms with E-state index in [9.17, 15) is 12.8 Å². The van der Waals surface area contributed by atoms with Gasteiger partial charge in [-0.15, -0.1) is 0 Å². The molecule has 0 fully saturated rings. The molecule has 0 aliphatic rings.